The summed E-state index contributed by atoms with van der Waals surface area (Å²) in [5.41, 5.74) is 8.09. The number of rotatable bonds is 4. The van der Waals surface area contributed by atoms with Gasteiger partial charge in [-0.2, -0.15) is 10.1 Å². The Morgan fingerprint density at radius 1 is 1.50 bits per heavy atom. The van der Waals surface area contributed by atoms with Crippen molar-refractivity contribution < 1.29 is 0 Å². The molecule has 86 valence electrons. The molecule has 0 radical (unpaired) electrons. The molecule has 2 rings (SSSR count). The van der Waals surface area contributed by atoms with Crippen LogP contribution in [0.4, 0.5) is 0 Å². The second-order valence-electron chi connectivity index (χ2n) is 4.11. The summed E-state index contributed by atoms with van der Waals surface area (Å²) < 4.78 is 1.77. The van der Waals surface area contributed by atoms with Crippen molar-refractivity contribution in [3.63, 3.8) is 0 Å². The van der Waals surface area contributed by atoms with E-state index >= 15 is 0 Å². The fraction of sp³-hybridized carbons (Fsp3) is 0.545. The van der Waals surface area contributed by atoms with Crippen LogP contribution in [0, 0.1) is 6.92 Å². The van der Waals surface area contributed by atoms with E-state index in [-0.39, 0.29) is 6.04 Å². The molecule has 16 heavy (non-hydrogen) atoms. The van der Waals surface area contributed by atoms with E-state index in [4.69, 9.17) is 5.73 Å². The predicted octanol–water partition coefficient (Wildman–Crippen LogP) is 1.10. The summed E-state index contributed by atoms with van der Waals surface area (Å²) in [4.78, 5) is 8.39. The summed E-state index contributed by atoms with van der Waals surface area (Å²) in [5, 5.41) is 4.16. The molecule has 2 heterocycles. The molecular formula is C11H17N5. The quantitative estimate of drug-likeness (QED) is 0.836. The minimum atomic E-state index is 0.180. The van der Waals surface area contributed by atoms with Crippen LogP contribution >= 0.6 is 0 Å². The minimum absolute atomic E-state index is 0.180. The molecule has 1 unspecified atom stereocenters. The highest BCUT2D eigenvalue weighted by Crippen LogP contribution is 2.08. The van der Waals surface area contributed by atoms with Crippen molar-refractivity contribution >= 4 is 5.78 Å². The van der Waals surface area contributed by atoms with Gasteiger partial charge in [-0.1, -0.05) is 13.3 Å². The van der Waals surface area contributed by atoms with Crippen LogP contribution in [0.5, 0.6) is 0 Å². The lowest BCUT2D eigenvalue weighted by Crippen LogP contribution is -2.24. The van der Waals surface area contributed by atoms with E-state index in [1.807, 2.05) is 13.0 Å². The largest absolute Gasteiger partial charge is 0.327 e. The van der Waals surface area contributed by atoms with Crippen LogP contribution in [0.25, 0.3) is 5.78 Å². The molecule has 5 nitrogen and oxygen atoms in total. The van der Waals surface area contributed by atoms with Crippen LogP contribution in [0.3, 0.4) is 0 Å². The number of fused-ring (bicyclic) bond motifs is 1. The third-order valence-corrected chi connectivity index (χ3v) is 2.58. The fourth-order valence-electron chi connectivity index (χ4n) is 1.89. The van der Waals surface area contributed by atoms with Gasteiger partial charge in [-0.25, -0.2) is 9.50 Å². The van der Waals surface area contributed by atoms with Gasteiger partial charge in [0.15, 0.2) is 0 Å². The molecule has 0 saturated heterocycles. The van der Waals surface area contributed by atoms with E-state index in [1.54, 1.807) is 4.52 Å². The molecule has 0 fully saturated rings. The maximum Gasteiger partial charge on any atom is 0.252 e. The molecule has 0 aliphatic heterocycles. The van der Waals surface area contributed by atoms with Gasteiger partial charge in [0.2, 0.25) is 0 Å². The van der Waals surface area contributed by atoms with E-state index in [1.165, 1.54) is 6.33 Å². The van der Waals surface area contributed by atoms with Gasteiger partial charge in [0.05, 0.1) is 0 Å². The Hall–Kier alpha value is -1.49. The van der Waals surface area contributed by atoms with Gasteiger partial charge < -0.3 is 5.73 Å². The standard InChI is InChI=1S/C11H17N5/c1-3-4-9(12)6-10-5-8(2)15-11-13-7-14-16(10)11/h5,7,9H,3-4,6,12H2,1-2H3. The summed E-state index contributed by atoms with van der Waals surface area (Å²) >= 11 is 0. The third kappa shape index (κ3) is 2.19. The van der Waals surface area contributed by atoms with Crippen LogP contribution in [0.2, 0.25) is 0 Å². The molecule has 0 aromatic carbocycles. The summed E-state index contributed by atoms with van der Waals surface area (Å²) in [6.45, 7) is 4.10. The normalized spacial score (nSPS) is 13.2. The maximum absolute atomic E-state index is 6.04. The van der Waals surface area contributed by atoms with Gasteiger partial charge in [0.25, 0.3) is 5.78 Å². The summed E-state index contributed by atoms with van der Waals surface area (Å²) in [6, 6.07) is 2.20. The van der Waals surface area contributed by atoms with Crippen LogP contribution < -0.4 is 5.73 Å². The predicted molar refractivity (Wildman–Crippen MR) is 62.1 cm³/mol. The molecule has 0 bridgehead atoms. The van der Waals surface area contributed by atoms with Gasteiger partial charge in [-0.15, -0.1) is 0 Å². The van der Waals surface area contributed by atoms with Gasteiger partial charge in [-0.05, 0) is 19.4 Å². The zero-order valence-corrected chi connectivity index (χ0v) is 9.72. The van der Waals surface area contributed by atoms with E-state index < -0.39 is 0 Å². The lowest BCUT2D eigenvalue weighted by Gasteiger charge is -2.11. The summed E-state index contributed by atoms with van der Waals surface area (Å²) in [7, 11) is 0. The monoisotopic (exact) mass is 219 g/mol. The van der Waals surface area contributed by atoms with Gasteiger partial charge in [0.1, 0.15) is 6.33 Å². The first-order valence-electron chi connectivity index (χ1n) is 5.62. The van der Waals surface area contributed by atoms with Crippen molar-refractivity contribution in [3.05, 3.63) is 23.8 Å². The molecule has 0 aliphatic rings. The van der Waals surface area contributed by atoms with E-state index in [2.05, 4.69) is 22.0 Å². The van der Waals surface area contributed by atoms with Crippen molar-refractivity contribution in [1.29, 1.82) is 0 Å². The lowest BCUT2D eigenvalue weighted by atomic mass is 10.1. The van der Waals surface area contributed by atoms with Crippen molar-refractivity contribution in [1.82, 2.24) is 19.6 Å². The number of nitrogens with zero attached hydrogens (tertiary/aromatic N) is 4. The highest BCUT2D eigenvalue weighted by Gasteiger charge is 2.09. The van der Waals surface area contributed by atoms with E-state index in [9.17, 15) is 0 Å². The van der Waals surface area contributed by atoms with Crippen molar-refractivity contribution in [3.8, 4) is 0 Å². The first-order valence-corrected chi connectivity index (χ1v) is 5.62. The minimum Gasteiger partial charge on any atom is -0.327 e. The first-order chi connectivity index (χ1) is 7.70. The number of aromatic nitrogens is 4. The number of hydrogen-bond donors (Lipinski definition) is 1. The Kier molecular flexibility index (Phi) is 3.14. The molecule has 1 atom stereocenters. The number of hydrogen-bond acceptors (Lipinski definition) is 4. The van der Waals surface area contributed by atoms with Crippen LogP contribution in [-0.4, -0.2) is 25.6 Å². The van der Waals surface area contributed by atoms with Crippen LogP contribution in [0.15, 0.2) is 12.4 Å². The number of nitrogens with two attached hydrogens (primary N) is 1. The topological polar surface area (TPSA) is 69.1 Å². The van der Waals surface area contributed by atoms with Gasteiger partial charge in [0, 0.05) is 23.9 Å². The molecule has 0 saturated carbocycles. The summed E-state index contributed by atoms with van der Waals surface area (Å²) in [6.07, 6.45) is 4.47. The highest BCUT2D eigenvalue weighted by atomic mass is 15.3. The van der Waals surface area contributed by atoms with Gasteiger partial charge >= 0.3 is 0 Å². The molecule has 0 aliphatic carbocycles. The zero-order valence-electron chi connectivity index (χ0n) is 9.72. The molecule has 2 aromatic heterocycles. The maximum atomic E-state index is 6.04. The Morgan fingerprint density at radius 2 is 2.31 bits per heavy atom. The molecule has 0 spiro atoms. The van der Waals surface area contributed by atoms with Crippen LogP contribution in [0.1, 0.15) is 31.2 Å². The van der Waals surface area contributed by atoms with E-state index in [0.29, 0.717) is 5.78 Å². The molecule has 2 N–H and O–H groups in total. The Morgan fingerprint density at radius 3 is 3.06 bits per heavy atom. The molecule has 2 aromatic rings. The smallest absolute Gasteiger partial charge is 0.252 e. The lowest BCUT2D eigenvalue weighted by molar-refractivity contribution is 0.584. The second-order valence-corrected chi connectivity index (χ2v) is 4.11. The van der Waals surface area contributed by atoms with Gasteiger partial charge in [-0.3, -0.25) is 0 Å². The highest BCUT2D eigenvalue weighted by molar-refractivity contribution is 5.30. The van der Waals surface area contributed by atoms with Crippen molar-refractivity contribution in [2.75, 3.05) is 0 Å². The molecular weight excluding hydrogens is 202 g/mol. The second kappa shape index (κ2) is 4.57. The third-order valence-electron chi connectivity index (χ3n) is 2.58. The van der Waals surface area contributed by atoms with Crippen molar-refractivity contribution in [2.45, 2.75) is 39.2 Å². The summed E-state index contributed by atoms with van der Waals surface area (Å²) in [5.74, 6) is 0.652. The molecule has 5 heteroatoms. The first kappa shape index (κ1) is 11.0. The zero-order chi connectivity index (χ0) is 11.5. The van der Waals surface area contributed by atoms with Crippen molar-refractivity contribution in [2.24, 2.45) is 5.73 Å². The van der Waals surface area contributed by atoms with Crippen LogP contribution in [-0.2, 0) is 6.42 Å². The average Bonchev–Trinajstić information content (AvgIpc) is 2.65. The Bertz CT molecular complexity index is 476. The SMILES string of the molecule is CCCC(N)Cc1cc(C)nc2ncnn12. The molecule has 0 amide bonds. The average molecular weight is 219 g/mol. The Labute approximate surface area is 94.7 Å². The Balaban J connectivity index is 2.31. The van der Waals surface area contributed by atoms with E-state index in [0.717, 1.165) is 30.7 Å². The fourth-order valence-corrected chi connectivity index (χ4v) is 1.89. The number of aryl methyl sites for hydroxylation is 1.